The number of aliphatic imine (C=N–C) groups is 1. The van der Waals surface area contributed by atoms with Crippen molar-refractivity contribution in [3.63, 3.8) is 0 Å². The summed E-state index contributed by atoms with van der Waals surface area (Å²) in [6.45, 7) is 0. The third kappa shape index (κ3) is 2.66. The SMILES string of the molecule is CN(C)C(N)=Nc1ccc(N)cc1. The summed E-state index contributed by atoms with van der Waals surface area (Å²) in [6, 6.07) is 7.24. The quantitative estimate of drug-likeness (QED) is 0.379. The normalized spacial score (nSPS) is 11.4. The van der Waals surface area contributed by atoms with Crippen LogP contribution in [0.1, 0.15) is 0 Å². The summed E-state index contributed by atoms with van der Waals surface area (Å²) in [5.41, 5.74) is 12.7. The molecule has 0 fully saturated rings. The minimum atomic E-state index is 0.477. The lowest BCUT2D eigenvalue weighted by molar-refractivity contribution is 0.615. The van der Waals surface area contributed by atoms with Crippen LogP contribution in [0.4, 0.5) is 11.4 Å². The van der Waals surface area contributed by atoms with Crippen molar-refractivity contribution in [1.29, 1.82) is 0 Å². The molecule has 70 valence electrons. The van der Waals surface area contributed by atoms with Gasteiger partial charge in [-0.3, -0.25) is 0 Å². The zero-order chi connectivity index (χ0) is 9.84. The summed E-state index contributed by atoms with van der Waals surface area (Å²) in [7, 11) is 3.69. The first-order valence-corrected chi connectivity index (χ1v) is 3.96. The van der Waals surface area contributed by atoms with Crippen LogP contribution in [0.3, 0.4) is 0 Å². The lowest BCUT2D eigenvalue weighted by Gasteiger charge is -2.09. The van der Waals surface area contributed by atoms with Gasteiger partial charge in [0.1, 0.15) is 0 Å². The number of nitrogen functional groups attached to an aromatic ring is 1. The molecular weight excluding hydrogens is 164 g/mol. The van der Waals surface area contributed by atoms with Crippen LogP contribution in [0.15, 0.2) is 29.3 Å². The third-order valence-corrected chi connectivity index (χ3v) is 1.59. The van der Waals surface area contributed by atoms with E-state index in [-0.39, 0.29) is 0 Å². The molecule has 0 aliphatic carbocycles. The Morgan fingerprint density at radius 2 is 1.77 bits per heavy atom. The van der Waals surface area contributed by atoms with Gasteiger partial charge < -0.3 is 16.4 Å². The van der Waals surface area contributed by atoms with Crippen LogP contribution >= 0.6 is 0 Å². The summed E-state index contributed by atoms with van der Waals surface area (Å²) < 4.78 is 0. The second-order valence-electron chi connectivity index (χ2n) is 2.96. The number of anilines is 1. The van der Waals surface area contributed by atoms with Gasteiger partial charge >= 0.3 is 0 Å². The van der Waals surface area contributed by atoms with Crippen molar-refractivity contribution in [3.8, 4) is 0 Å². The molecule has 0 radical (unpaired) electrons. The predicted molar refractivity (Wildman–Crippen MR) is 55.8 cm³/mol. The Kier molecular flexibility index (Phi) is 2.74. The topological polar surface area (TPSA) is 67.6 Å². The third-order valence-electron chi connectivity index (χ3n) is 1.59. The number of guanidine groups is 1. The fraction of sp³-hybridized carbons (Fsp3) is 0.222. The van der Waals surface area contributed by atoms with Crippen LogP contribution < -0.4 is 11.5 Å². The molecule has 1 rings (SSSR count). The molecular formula is C9H14N4. The van der Waals surface area contributed by atoms with Gasteiger partial charge in [-0.15, -0.1) is 0 Å². The highest BCUT2D eigenvalue weighted by Crippen LogP contribution is 2.13. The van der Waals surface area contributed by atoms with E-state index in [1.165, 1.54) is 0 Å². The fourth-order valence-electron chi connectivity index (χ4n) is 0.781. The van der Waals surface area contributed by atoms with E-state index >= 15 is 0 Å². The smallest absolute Gasteiger partial charge is 0.195 e. The van der Waals surface area contributed by atoms with Crippen molar-refractivity contribution in [1.82, 2.24) is 4.90 Å². The molecule has 1 aromatic rings. The van der Waals surface area contributed by atoms with E-state index in [4.69, 9.17) is 11.5 Å². The Balaban J connectivity index is 2.85. The monoisotopic (exact) mass is 178 g/mol. The van der Waals surface area contributed by atoms with Gasteiger partial charge in [-0.05, 0) is 24.3 Å². The van der Waals surface area contributed by atoms with Crippen LogP contribution in [0, 0.1) is 0 Å². The van der Waals surface area contributed by atoms with Crippen LogP contribution in [0.25, 0.3) is 0 Å². The van der Waals surface area contributed by atoms with E-state index in [1.54, 1.807) is 17.0 Å². The summed E-state index contributed by atoms with van der Waals surface area (Å²) >= 11 is 0. The van der Waals surface area contributed by atoms with Gasteiger partial charge in [0.05, 0.1) is 5.69 Å². The molecule has 0 aliphatic rings. The van der Waals surface area contributed by atoms with E-state index in [0.29, 0.717) is 5.96 Å². The van der Waals surface area contributed by atoms with E-state index in [0.717, 1.165) is 11.4 Å². The highest BCUT2D eigenvalue weighted by Gasteiger charge is 1.94. The Morgan fingerprint density at radius 1 is 1.23 bits per heavy atom. The minimum Gasteiger partial charge on any atom is -0.399 e. The highest BCUT2D eigenvalue weighted by molar-refractivity contribution is 5.80. The first kappa shape index (κ1) is 9.38. The molecule has 0 saturated carbocycles. The number of nitrogens with two attached hydrogens (primary N) is 2. The molecule has 0 saturated heterocycles. The molecule has 0 unspecified atom stereocenters. The summed E-state index contributed by atoms with van der Waals surface area (Å²) in [6.07, 6.45) is 0. The molecule has 0 spiro atoms. The maximum Gasteiger partial charge on any atom is 0.195 e. The fourth-order valence-corrected chi connectivity index (χ4v) is 0.781. The van der Waals surface area contributed by atoms with Crippen molar-refractivity contribution in [2.24, 2.45) is 10.7 Å². The molecule has 0 aliphatic heterocycles. The van der Waals surface area contributed by atoms with Gasteiger partial charge in [0.2, 0.25) is 0 Å². The summed E-state index contributed by atoms with van der Waals surface area (Å²) in [5.74, 6) is 0.477. The van der Waals surface area contributed by atoms with Gasteiger partial charge in [0.25, 0.3) is 0 Å². The zero-order valence-electron chi connectivity index (χ0n) is 7.86. The molecule has 0 aromatic heterocycles. The molecule has 1 aromatic carbocycles. The van der Waals surface area contributed by atoms with E-state index in [9.17, 15) is 0 Å². The molecule has 0 heterocycles. The molecule has 4 N–H and O–H groups in total. The Labute approximate surface area is 77.9 Å². The van der Waals surface area contributed by atoms with Gasteiger partial charge in [-0.2, -0.15) is 0 Å². The number of hydrogen-bond donors (Lipinski definition) is 2. The molecule has 0 atom stereocenters. The summed E-state index contributed by atoms with van der Waals surface area (Å²) in [4.78, 5) is 5.91. The van der Waals surface area contributed by atoms with Crippen molar-refractivity contribution in [3.05, 3.63) is 24.3 Å². The van der Waals surface area contributed by atoms with Gasteiger partial charge in [-0.25, -0.2) is 4.99 Å². The Morgan fingerprint density at radius 3 is 2.23 bits per heavy atom. The van der Waals surface area contributed by atoms with Gasteiger partial charge in [0.15, 0.2) is 5.96 Å². The maximum atomic E-state index is 5.63. The zero-order valence-corrected chi connectivity index (χ0v) is 7.86. The maximum absolute atomic E-state index is 5.63. The molecule has 4 heteroatoms. The molecule has 0 bridgehead atoms. The first-order valence-electron chi connectivity index (χ1n) is 3.96. The average molecular weight is 178 g/mol. The van der Waals surface area contributed by atoms with E-state index < -0.39 is 0 Å². The van der Waals surface area contributed by atoms with Crippen LogP contribution in [-0.4, -0.2) is 25.0 Å². The number of nitrogens with zero attached hydrogens (tertiary/aromatic N) is 2. The van der Waals surface area contributed by atoms with Crippen molar-refractivity contribution in [2.45, 2.75) is 0 Å². The van der Waals surface area contributed by atoms with Crippen molar-refractivity contribution in [2.75, 3.05) is 19.8 Å². The lowest BCUT2D eigenvalue weighted by Crippen LogP contribution is -2.29. The molecule has 0 amide bonds. The van der Waals surface area contributed by atoms with Crippen LogP contribution in [0.2, 0.25) is 0 Å². The van der Waals surface area contributed by atoms with Crippen LogP contribution in [0.5, 0.6) is 0 Å². The van der Waals surface area contributed by atoms with Crippen molar-refractivity contribution >= 4 is 17.3 Å². The van der Waals surface area contributed by atoms with E-state index in [1.807, 2.05) is 26.2 Å². The van der Waals surface area contributed by atoms with Crippen LogP contribution in [-0.2, 0) is 0 Å². The summed E-state index contributed by atoms with van der Waals surface area (Å²) in [5, 5.41) is 0. The molecule has 4 nitrogen and oxygen atoms in total. The van der Waals surface area contributed by atoms with Gasteiger partial charge in [0, 0.05) is 19.8 Å². The Bertz CT molecular complexity index is 300. The van der Waals surface area contributed by atoms with E-state index in [2.05, 4.69) is 4.99 Å². The highest BCUT2D eigenvalue weighted by atomic mass is 15.2. The lowest BCUT2D eigenvalue weighted by atomic mass is 10.3. The number of hydrogen-bond acceptors (Lipinski definition) is 2. The first-order chi connectivity index (χ1) is 6.09. The minimum absolute atomic E-state index is 0.477. The Hall–Kier alpha value is -1.71. The number of benzene rings is 1. The molecule has 13 heavy (non-hydrogen) atoms. The largest absolute Gasteiger partial charge is 0.399 e. The average Bonchev–Trinajstić information content (AvgIpc) is 2.08. The second kappa shape index (κ2) is 3.80. The standard InChI is InChI=1S/C9H14N4/c1-13(2)9(11)12-8-5-3-7(10)4-6-8/h3-6H,10H2,1-2H3,(H2,11,12). The van der Waals surface area contributed by atoms with Gasteiger partial charge in [-0.1, -0.05) is 0 Å². The second-order valence-corrected chi connectivity index (χ2v) is 2.96. The number of rotatable bonds is 1. The predicted octanol–water partition coefficient (Wildman–Crippen LogP) is 0.777. The van der Waals surface area contributed by atoms with Crippen molar-refractivity contribution < 1.29 is 0 Å².